The van der Waals surface area contributed by atoms with Gasteiger partial charge in [0.1, 0.15) is 5.82 Å². The quantitative estimate of drug-likeness (QED) is 0.352. The molecular formula is C26H22F7NO4. The number of halogens is 7. The van der Waals surface area contributed by atoms with E-state index in [0.717, 1.165) is 13.2 Å². The minimum atomic E-state index is -5.03. The van der Waals surface area contributed by atoms with E-state index >= 15 is 0 Å². The van der Waals surface area contributed by atoms with Crippen molar-refractivity contribution in [1.82, 2.24) is 4.90 Å². The third-order valence-electron chi connectivity index (χ3n) is 6.76. The summed E-state index contributed by atoms with van der Waals surface area (Å²) in [7, 11) is 1.16. The topological polar surface area (TPSA) is 55.8 Å². The van der Waals surface area contributed by atoms with Crippen LogP contribution in [0.4, 0.5) is 30.7 Å². The highest BCUT2D eigenvalue weighted by Gasteiger charge is 2.48. The number of fused-ring (bicyclic) bond motifs is 1. The number of carbonyl (C=O) groups excluding carboxylic acids is 2. The van der Waals surface area contributed by atoms with Crippen molar-refractivity contribution in [3.05, 3.63) is 82.2 Å². The van der Waals surface area contributed by atoms with Gasteiger partial charge in [0.2, 0.25) is 5.91 Å². The normalized spacial score (nSPS) is 22.7. The molecule has 0 radical (unpaired) electrons. The Kier molecular flexibility index (Phi) is 7.30. The van der Waals surface area contributed by atoms with Crippen LogP contribution in [0.3, 0.4) is 0 Å². The summed E-state index contributed by atoms with van der Waals surface area (Å²) in [6.07, 6.45) is -11.0. The Labute approximate surface area is 212 Å². The van der Waals surface area contributed by atoms with Gasteiger partial charge in [-0.15, -0.1) is 0 Å². The molecule has 0 saturated carbocycles. The molecule has 2 unspecified atom stereocenters. The third-order valence-corrected chi connectivity index (χ3v) is 6.76. The zero-order valence-electron chi connectivity index (χ0n) is 20.1. The van der Waals surface area contributed by atoms with Crippen LogP contribution in [0.5, 0.6) is 0 Å². The van der Waals surface area contributed by atoms with E-state index in [1.54, 1.807) is 0 Å². The monoisotopic (exact) mass is 545 g/mol. The van der Waals surface area contributed by atoms with Gasteiger partial charge in [-0.1, -0.05) is 12.1 Å². The number of benzene rings is 2. The van der Waals surface area contributed by atoms with E-state index in [4.69, 9.17) is 9.47 Å². The van der Waals surface area contributed by atoms with Crippen molar-refractivity contribution >= 4 is 11.9 Å². The fourth-order valence-corrected chi connectivity index (χ4v) is 4.97. The zero-order chi connectivity index (χ0) is 28.0. The highest BCUT2D eigenvalue weighted by atomic mass is 19.4. The van der Waals surface area contributed by atoms with Crippen molar-refractivity contribution in [3.63, 3.8) is 0 Å². The fourth-order valence-electron chi connectivity index (χ4n) is 4.97. The van der Waals surface area contributed by atoms with E-state index in [1.165, 1.54) is 36.1 Å². The Bertz CT molecular complexity index is 1220. The second-order valence-electron chi connectivity index (χ2n) is 9.16. The first kappa shape index (κ1) is 27.6. The van der Waals surface area contributed by atoms with Crippen molar-refractivity contribution in [1.29, 1.82) is 0 Å². The summed E-state index contributed by atoms with van der Waals surface area (Å²) < 4.78 is 105. The van der Waals surface area contributed by atoms with Gasteiger partial charge in [0, 0.05) is 36.6 Å². The number of hydrogen-bond donors (Lipinski definition) is 0. The molecular weight excluding hydrogens is 523 g/mol. The van der Waals surface area contributed by atoms with Crippen LogP contribution >= 0.6 is 0 Å². The average molecular weight is 545 g/mol. The zero-order valence-corrected chi connectivity index (χ0v) is 20.1. The predicted octanol–water partition coefficient (Wildman–Crippen LogP) is 5.81. The molecule has 1 saturated heterocycles. The van der Waals surface area contributed by atoms with Crippen LogP contribution in [0, 0.1) is 5.82 Å². The van der Waals surface area contributed by atoms with E-state index in [1.807, 2.05) is 0 Å². The van der Waals surface area contributed by atoms with Crippen molar-refractivity contribution in [2.75, 3.05) is 13.7 Å². The first-order valence-electron chi connectivity index (χ1n) is 11.5. The molecule has 12 heteroatoms. The van der Waals surface area contributed by atoms with Crippen molar-refractivity contribution in [2.24, 2.45) is 0 Å². The minimum absolute atomic E-state index is 0.0338. The van der Waals surface area contributed by atoms with Gasteiger partial charge in [-0.2, -0.15) is 26.3 Å². The Hall–Kier alpha value is -3.41. The molecule has 1 amide bonds. The maximum atomic E-state index is 13.6. The van der Waals surface area contributed by atoms with Crippen molar-refractivity contribution in [3.8, 4) is 0 Å². The van der Waals surface area contributed by atoms with Gasteiger partial charge >= 0.3 is 18.3 Å². The lowest BCUT2D eigenvalue weighted by Gasteiger charge is -2.32. The van der Waals surface area contributed by atoms with Crippen LogP contribution in [0.2, 0.25) is 0 Å². The smallest absolute Gasteiger partial charge is 0.416 e. The molecule has 2 aliphatic heterocycles. The van der Waals surface area contributed by atoms with Crippen LogP contribution in [-0.4, -0.2) is 42.6 Å². The van der Waals surface area contributed by atoms with Crippen LogP contribution in [0.1, 0.15) is 47.6 Å². The molecule has 0 N–H and O–H groups in total. The molecule has 0 aliphatic carbocycles. The van der Waals surface area contributed by atoms with Gasteiger partial charge in [-0.25, -0.2) is 9.18 Å². The van der Waals surface area contributed by atoms with Gasteiger partial charge in [-0.05, 0) is 48.4 Å². The van der Waals surface area contributed by atoms with Gasteiger partial charge in [0.05, 0.1) is 30.4 Å². The van der Waals surface area contributed by atoms with Crippen LogP contribution in [0.25, 0.3) is 0 Å². The molecule has 4 rings (SSSR count). The van der Waals surface area contributed by atoms with E-state index < -0.39 is 65.3 Å². The molecule has 2 aromatic carbocycles. The Balaban J connectivity index is 1.70. The number of alkyl halides is 6. The molecule has 5 nitrogen and oxygen atoms in total. The average Bonchev–Trinajstić information content (AvgIpc) is 3.21. The number of esters is 1. The summed E-state index contributed by atoms with van der Waals surface area (Å²) in [6, 6.07) is 5.86. The number of amides is 1. The van der Waals surface area contributed by atoms with E-state index in [9.17, 15) is 40.3 Å². The van der Waals surface area contributed by atoms with E-state index in [-0.39, 0.29) is 30.2 Å². The fraction of sp³-hybridized carbons (Fsp3) is 0.385. The summed E-state index contributed by atoms with van der Waals surface area (Å²) >= 11 is 0. The van der Waals surface area contributed by atoms with E-state index in [0.29, 0.717) is 17.7 Å². The first-order valence-corrected chi connectivity index (χ1v) is 11.5. The molecule has 38 heavy (non-hydrogen) atoms. The number of methoxy groups -OCH3 is 1. The van der Waals surface area contributed by atoms with Gasteiger partial charge in [-0.3, -0.25) is 4.79 Å². The number of hydrogen-bond acceptors (Lipinski definition) is 4. The number of nitrogens with zero attached hydrogens (tertiary/aromatic N) is 1. The second-order valence-corrected chi connectivity index (χ2v) is 9.16. The lowest BCUT2D eigenvalue weighted by atomic mass is 9.85. The Morgan fingerprint density at radius 3 is 2.11 bits per heavy atom. The van der Waals surface area contributed by atoms with Gasteiger partial charge < -0.3 is 14.4 Å². The largest absolute Gasteiger partial charge is 0.466 e. The molecule has 2 aromatic rings. The van der Waals surface area contributed by atoms with Gasteiger partial charge in [0.15, 0.2) is 0 Å². The second kappa shape index (κ2) is 10.0. The summed E-state index contributed by atoms with van der Waals surface area (Å²) in [5, 5.41) is 0. The lowest BCUT2D eigenvalue weighted by molar-refractivity contribution is -0.143. The lowest BCUT2D eigenvalue weighted by Crippen LogP contribution is -2.41. The number of ether oxygens (including phenoxy) is 2. The maximum Gasteiger partial charge on any atom is 0.416 e. The highest BCUT2D eigenvalue weighted by Crippen LogP contribution is 2.44. The van der Waals surface area contributed by atoms with Gasteiger partial charge in [0.25, 0.3) is 0 Å². The van der Waals surface area contributed by atoms with Crippen LogP contribution in [-0.2, 0) is 31.4 Å². The Morgan fingerprint density at radius 1 is 1.00 bits per heavy atom. The molecule has 0 aromatic heterocycles. The minimum Gasteiger partial charge on any atom is -0.466 e. The standard InChI is InChI=1S/C26H22F7NO4/c1-13(15-7-17(25(28,29)30)11-18(8-15)26(31,32)33)38-21-12-34-20(9-16(10-22(34)35)24(36)37-2)23(21)14-3-5-19(27)6-4-14/h3-8,10-11,13,20-21,23H,9,12H2,1-2H3/t13-,20?,21+,23?/m1/s1. The molecule has 2 heterocycles. The third kappa shape index (κ3) is 5.54. The summed E-state index contributed by atoms with van der Waals surface area (Å²) in [4.78, 5) is 26.4. The summed E-state index contributed by atoms with van der Waals surface area (Å²) in [5.74, 6) is -2.43. The first-order chi connectivity index (χ1) is 17.7. The highest BCUT2D eigenvalue weighted by molar-refractivity contribution is 6.00. The van der Waals surface area contributed by atoms with Crippen LogP contribution in [0.15, 0.2) is 54.1 Å². The molecule has 204 valence electrons. The van der Waals surface area contributed by atoms with E-state index in [2.05, 4.69) is 0 Å². The van der Waals surface area contributed by atoms with Crippen molar-refractivity contribution in [2.45, 2.75) is 49.9 Å². The van der Waals surface area contributed by atoms with Crippen LogP contribution < -0.4 is 0 Å². The molecule has 0 bridgehead atoms. The number of rotatable bonds is 5. The molecule has 2 aliphatic rings. The Morgan fingerprint density at radius 2 is 1.58 bits per heavy atom. The predicted molar refractivity (Wildman–Crippen MR) is 119 cm³/mol. The molecule has 0 spiro atoms. The summed E-state index contributed by atoms with van der Waals surface area (Å²) in [5.41, 5.74) is -2.67. The molecule has 1 fully saturated rings. The summed E-state index contributed by atoms with van der Waals surface area (Å²) in [6.45, 7) is 1.26. The number of carbonyl (C=O) groups is 2. The molecule has 4 atom stereocenters. The maximum absolute atomic E-state index is 13.6. The SMILES string of the molecule is COC(=O)C1=CC(=O)N2C[C@H](O[C@H](C)c3cc(C(F)(F)F)cc(C(F)(F)F)c3)C(c3ccc(F)cc3)C2C1. The van der Waals surface area contributed by atoms with Crippen molar-refractivity contribution < 1.29 is 49.8 Å².